The van der Waals surface area contributed by atoms with Crippen LogP contribution in [0.15, 0.2) is 24.3 Å². The molecule has 5 heteroatoms. The number of nitrogens with zero attached hydrogens (tertiary/aromatic N) is 1. The maximum absolute atomic E-state index is 12.0. The number of aromatic hydroxyl groups is 1. The number of hydrogen-bond donors (Lipinski definition) is 2. The van der Waals surface area contributed by atoms with Gasteiger partial charge in [-0.15, -0.1) is 0 Å². The SMILES string of the molecule is O=C1COC2(CCNCC2)CN1Cc1cccc(O)c1. The summed E-state index contributed by atoms with van der Waals surface area (Å²) in [6, 6.07) is 7.07. The molecular formula is C15H20N2O3. The Morgan fingerprint density at radius 3 is 2.90 bits per heavy atom. The largest absolute Gasteiger partial charge is 0.508 e. The molecule has 20 heavy (non-hydrogen) atoms. The second-order valence-electron chi connectivity index (χ2n) is 5.64. The minimum atomic E-state index is -0.185. The zero-order chi connectivity index (χ0) is 14.0. The van der Waals surface area contributed by atoms with E-state index >= 15 is 0 Å². The zero-order valence-corrected chi connectivity index (χ0v) is 11.5. The lowest BCUT2D eigenvalue weighted by Gasteiger charge is -2.44. The number of piperidine rings is 1. The first-order valence-electron chi connectivity index (χ1n) is 7.07. The van der Waals surface area contributed by atoms with E-state index in [-0.39, 0.29) is 23.9 Å². The lowest BCUT2D eigenvalue weighted by molar-refractivity contribution is -0.168. The van der Waals surface area contributed by atoms with Gasteiger partial charge in [0.2, 0.25) is 5.91 Å². The van der Waals surface area contributed by atoms with Gasteiger partial charge in [-0.2, -0.15) is 0 Å². The lowest BCUT2D eigenvalue weighted by Crippen LogP contribution is -2.57. The second-order valence-corrected chi connectivity index (χ2v) is 5.64. The summed E-state index contributed by atoms with van der Waals surface area (Å²) < 4.78 is 5.83. The first-order chi connectivity index (χ1) is 9.67. The Bertz CT molecular complexity index is 498. The maximum Gasteiger partial charge on any atom is 0.248 e. The monoisotopic (exact) mass is 276 g/mol. The summed E-state index contributed by atoms with van der Waals surface area (Å²) in [5.41, 5.74) is 0.764. The van der Waals surface area contributed by atoms with Crippen molar-refractivity contribution in [1.82, 2.24) is 10.2 Å². The molecule has 0 bridgehead atoms. The number of rotatable bonds is 2. The van der Waals surface area contributed by atoms with Crippen molar-refractivity contribution in [3.8, 4) is 5.75 Å². The molecule has 0 atom stereocenters. The van der Waals surface area contributed by atoms with E-state index in [4.69, 9.17) is 4.74 Å². The van der Waals surface area contributed by atoms with Crippen molar-refractivity contribution in [2.45, 2.75) is 25.0 Å². The van der Waals surface area contributed by atoms with Gasteiger partial charge in [-0.05, 0) is 43.6 Å². The molecule has 0 radical (unpaired) electrons. The van der Waals surface area contributed by atoms with Crippen molar-refractivity contribution in [1.29, 1.82) is 0 Å². The highest BCUT2D eigenvalue weighted by Gasteiger charge is 2.40. The molecule has 2 fully saturated rings. The van der Waals surface area contributed by atoms with Crippen LogP contribution in [0, 0.1) is 0 Å². The highest BCUT2D eigenvalue weighted by molar-refractivity contribution is 5.78. The topological polar surface area (TPSA) is 61.8 Å². The van der Waals surface area contributed by atoms with E-state index in [2.05, 4.69) is 5.32 Å². The number of morpholine rings is 1. The van der Waals surface area contributed by atoms with Gasteiger partial charge < -0.3 is 20.1 Å². The molecule has 2 heterocycles. The molecule has 1 amide bonds. The molecule has 108 valence electrons. The molecule has 1 aromatic rings. The van der Waals surface area contributed by atoms with Gasteiger partial charge in [0.05, 0.1) is 12.1 Å². The number of amides is 1. The zero-order valence-electron chi connectivity index (χ0n) is 11.5. The highest BCUT2D eigenvalue weighted by Crippen LogP contribution is 2.29. The number of nitrogens with one attached hydrogen (secondary N) is 1. The van der Waals surface area contributed by atoms with Gasteiger partial charge in [0.15, 0.2) is 0 Å². The fourth-order valence-corrected chi connectivity index (χ4v) is 2.99. The average molecular weight is 276 g/mol. The molecule has 2 aliphatic heterocycles. The van der Waals surface area contributed by atoms with Gasteiger partial charge in [0.1, 0.15) is 12.4 Å². The number of hydrogen-bond acceptors (Lipinski definition) is 4. The molecule has 3 rings (SSSR count). The summed E-state index contributed by atoms with van der Waals surface area (Å²) in [5.74, 6) is 0.261. The van der Waals surface area contributed by atoms with E-state index in [0.717, 1.165) is 31.5 Å². The van der Waals surface area contributed by atoms with Crippen LogP contribution < -0.4 is 5.32 Å². The van der Waals surface area contributed by atoms with Crippen molar-refractivity contribution >= 4 is 5.91 Å². The van der Waals surface area contributed by atoms with E-state index in [0.29, 0.717) is 13.1 Å². The molecule has 2 aliphatic rings. The molecule has 0 aromatic heterocycles. The molecular weight excluding hydrogens is 256 g/mol. The van der Waals surface area contributed by atoms with Crippen LogP contribution in [-0.2, 0) is 16.1 Å². The molecule has 2 N–H and O–H groups in total. The Morgan fingerprint density at radius 1 is 1.35 bits per heavy atom. The second kappa shape index (κ2) is 5.42. The van der Waals surface area contributed by atoms with Crippen molar-refractivity contribution in [3.05, 3.63) is 29.8 Å². The highest BCUT2D eigenvalue weighted by atomic mass is 16.5. The smallest absolute Gasteiger partial charge is 0.248 e. The van der Waals surface area contributed by atoms with Gasteiger partial charge in [0.25, 0.3) is 0 Å². The van der Waals surface area contributed by atoms with Crippen molar-refractivity contribution in [2.75, 3.05) is 26.2 Å². The van der Waals surface area contributed by atoms with E-state index in [1.807, 2.05) is 11.0 Å². The third-order valence-electron chi connectivity index (χ3n) is 4.13. The minimum Gasteiger partial charge on any atom is -0.508 e. The molecule has 0 unspecified atom stereocenters. The van der Waals surface area contributed by atoms with Crippen LogP contribution in [0.2, 0.25) is 0 Å². The molecule has 1 aromatic carbocycles. The Kier molecular flexibility index (Phi) is 3.63. The normalized spacial score (nSPS) is 22.2. The molecule has 1 spiro atoms. The lowest BCUT2D eigenvalue weighted by atomic mass is 9.90. The van der Waals surface area contributed by atoms with Crippen molar-refractivity contribution in [2.24, 2.45) is 0 Å². The summed E-state index contributed by atoms with van der Waals surface area (Å²) >= 11 is 0. The van der Waals surface area contributed by atoms with Crippen LogP contribution in [0.25, 0.3) is 0 Å². The van der Waals surface area contributed by atoms with Crippen LogP contribution in [0.4, 0.5) is 0 Å². The van der Waals surface area contributed by atoms with Crippen molar-refractivity contribution in [3.63, 3.8) is 0 Å². The first kappa shape index (κ1) is 13.4. The van der Waals surface area contributed by atoms with Crippen LogP contribution in [0.1, 0.15) is 18.4 Å². The summed E-state index contributed by atoms with van der Waals surface area (Å²) in [6.07, 6.45) is 1.88. The Balaban J connectivity index is 1.72. The van der Waals surface area contributed by atoms with Gasteiger partial charge in [-0.3, -0.25) is 4.79 Å². The number of benzene rings is 1. The first-order valence-corrected chi connectivity index (χ1v) is 7.07. The van der Waals surface area contributed by atoms with E-state index in [9.17, 15) is 9.90 Å². The van der Waals surface area contributed by atoms with E-state index < -0.39 is 0 Å². The van der Waals surface area contributed by atoms with Gasteiger partial charge in [-0.1, -0.05) is 12.1 Å². The van der Waals surface area contributed by atoms with Crippen LogP contribution >= 0.6 is 0 Å². The van der Waals surface area contributed by atoms with E-state index in [1.54, 1.807) is 18.2 Å². The third kappa shape index (κ3) is 2.78. The van der Waals surface area contributed by atoms with Crippen LogP contribution in [-0.4, -0.2) is 47.8 Å². The fourth-order valence-electron chi connectivity index (χ4n) is 2.99. The van der Waals surface area contributed by atoms with Gasteiger partial charge >= 0.3 is 0 Å². The summed E-state index contributed by atoms with van der Waals surface area (Å²) in [7, 11) is 0. The number of carbonyl (C=O) groups is 1. The third-order valence-corrected chi connectivity index (χ3v) is 4.13. The quantitative estimate of drug-likeness (QED) is 0.841. The summed E-state index contributed by atoms with van der Waals surface area (Å²) in [5, 5.41) is 12.8. The van der Waals surface area contributed by atoms with Crippen molar-refractivity contribution < 1.29 is 14.6 Å². The molecule has 0 aliphatic carbocycles. The Morgan fingerprint density at radius 2 is 2.15 bits per heavy atom. The Hall–Kier alpha value is -1.59. The Labute approximate surface area is 118 Å². The minimum absolute atomic E-state index is 0.0255. The summed E-state index contributed by atoms with van der Waals surface area (Å²) in [6.45, 7) is 3.22. The summed E-state index contributed by atoms with van der Waals surface area (Å²) in [4.78, 5) is 13.9. The van der Waals surface area contributed by atoms with E-state index in [1.165, 1.54) is 0 Å². The number of carbonyl (C=O) groups excluding carboxylic acids is 1. The fraction of sp³-hybridized carbons (Fsp3) is 0.533. The molecule has 5 nitrogen and oxygen atoms in total. The number of phenolic OH excluding ortho intramolecular Hbond substituents is 1. The predicted octanol–water partition coefficient (Wildman–Crippen LogP) is 0.873. The standard InChI is InChI=1S/C15H20N2O3/c18-13-3-1-2-12(8-13)9-17-11-15(20-10-14(17)19)4-6-16-7-5-15/h1-3,8,16,18H,4-7,9-11H2. The molecule has 0 saturated carbocycles. The average Bonchev–Trinajstić information content (AvgIpc) is 2.44. The maximum atomic E-state index is 12.0. The van der Waals surface area contributed by atoms with Crippen LogP contribution in [0.3, 0.4) is 0 Å². The van der Waals surface area contributed by atoms with Gasteiger partial charge in [0, 0.05) is 6.54 Å². The van der Waals surface area contributed by atoms with Gasteiger partial charge in [-0.25, -0.2) is 0 Å². The molecule has 2 saturated heterocycles. The van der Waals surface area contributed by atoms with Crippen LogP contribution in [0.5, 0.6) is 5.75 Å². The number of ether oxygens (including phenoxy) is 1. The predicted molar refractivity (Wildman–Crippen MR) is 74.3 cm³/mol. The number of phenols is 1.